The first-order chi connectivity index (χ1) is 15.7. The number of fused-ring (bicyclic) bond motifs is 1. The monoisotopic (exact) mass is 442 g/mol. The molecule has 0 spiro atoms. The third-order valence-electron chi connectivity index (χ3n) is 5.95. The van der Waals surface area contributed by atoms with Gasteiger partial charge in [-0.25, -0.2) is 4.79 Å². The Morgan fingerprint density at radius 1 is 1.03 bits per heavy atom. The van der Waals surface area contributed by atoms with Crippen molar-refractivity contribution < 1.29 is 28.9 Å². The van der Waals surface area contributed by atoms with Gasteiger partial charge in [0.2, 0.25) is 0 Å². The molecule has 1 saturated heterocycles. The summed E-state index contributed by atoms with van der Waals surface area (Å²) in [6.07, 6.45) is 1.41. The van der Waals surface area contributed by atoms with Crippen molar-refractivity contribution in [2.24, 2.45) is 0 Å². The summed E-state index contributed by atoms with van der Waals surface area (Å²) in [4.78, 5) is 17.4. The van der Waals surface area contributed by atoms with Gasteiger partial charge in [-0.1, -0.05) is 36.4 Å². The molecule has 8 heteroatoms. The minimum absolute atomic E-state index is 0.0914. The quantitative estimate of drug-likeness (QED) is 0.603. The summed E-state index contributed by atoms with van der Waals surface area (Å²) in [6.45, 7) is 3.18. The average Bonchev–Trinajstić information content (AvgIpc) is 2.84. The highest BCUT2D eigenvalue weighted by Gasteiger charge is 2.35. The van der Waals surface area contributed by atoms with E-state index in [9.17, 15) is 9.90 Å². The predicted octanol–water partition coefficient (Wildman–Crippen LogP) is 3.03. The Kier molecular flexibility index (Phi) is 7.47. The van der Waals surface area contributed by atoms with Gasteiger partial charge in [-0.05, 0) is 42.5 Å². The molecule has 0 radical (unpaired) electrons. The fourth-order valence-electron chi connectivity index (χ4n) is 4.07. The molecule has 4 rings (SSSR count). The Hall–Kier alpha value is -2.81. The number of carbonyl (C=O) groups is 1. The molecule has 0 aliphatic carbocycles. The maximum absolute atomic E-state index is 12.0. The summed E-state index contributed by atoms with van der Waals surface area (Å²) < 4.78 is 16.4. The number of aliphatic hydroxyl groups is 1. The molecule has 2 heterocycles. The predicted molar refractivity (Wildman–Crippen MR) is 117 cm³/mol. The van der Waals surface area contributed by atoms with Gasteiger partial charge in [0.05, 0.1) is 0 Å². The minimum Gasteiger partial charge on any atom is -0.486 e. The Morgan fingerprint density at radius 2 is 1.78 bits per heavy atom. The van der Waals surface area contributed by atoms with Gasteiger partial charge in [-0.15, -0.1) is 5.06 Å². The molecule has 8 nitrogen and oxygen atoms in total. The van der Waals surface area contributed by atoms with E-state index in [-0.39, 0.29) is 18.8 Å². The van der Waals surface area contributed by atoms with Crippen molar-refractivity contribution in [3.63, 3.8) is 0 Å². The minimum atomic E-state index is -0.701. The van der Waals surface area contributed by atoms with Crippen molar-refractivity contribution in [2.75, 3.05) is 32.9 Å². The lowest BCUT2D eigenvalue weighted by molar-refractivity contribution is -0.149. The summed E-state index contributed by atoms with van der Waals surface area (Å²) in [7, 11) is 0. The number of hydroxylamine groups is 2. The van der Waals surface area contributed by atoms with E-state index in [1.807, 2.05) is 48.5 Å². The van der Waals surface area contributed by atoms with E-state index in [2.05, 4.69) is 5.32 Å². The number of nitrogens with zero attached hydrogens (tertiary/aromatic N) is 1. The molecule has 172 valence electrons. The maximum atomic E-state index is 12.0. The molecule has 2 aromatic rings. The molecule has 0 saturated carbocycles. The van der Waals surface area contributed by atoms with Gasteiger partial charge in [0, 0.05) is 31.8 Å². The smallest absolute Gasteiger partial charge is 0.486 e. The summed E-state index contributed by atoms with van der Waals surface area (Å²) in [5.74, 6) is 1.54. The Bertz CT molecular complexity index is 883. The van der Waals surface area contributed by atoms with Crippen LogP contribution < -0.4 is 14.8 Å². The second-order valence-electron chi connectivity index (χ2n) is 8.13. The van der Waals surface area contributed by atoms with E-state index in [4.69, 9.17) is 19.0 Å². The van der Waals surface area contributed by atoms with Crippen LogP contribution in [0.15, 0.2) is 48.5 Å². The number of hydrogen-bond donors (Lipinski definition) is 2. The number of benzene rings is 2. The fraction of sp³-hybridized carbons (Fsp3) is 0.458. The lowest BCUT2D eigenvalue weighted by atomic mass is 9.85. The molecule has 0 atom stereocenters. The second-order valence-corrected chi connectivity index (χ2v) is 8.13. The van der Waals surface area contributed by atoms with E-state index >= 15 is 0 Å². The van der Waals surface area contributed by atoms with Crippen LogP contribution in [-0.4, -0.2) is 54.8 Å². The van der Waals surface area contributed by atoms with Crippen molar-refractivity contribution in [1.29, 1.82) is 0 Å². The molecule has 0 bridgehead atoms. The topological polar surface area (TPSA) is 89.5 Å². The van der Waals surface area contributed by atoms with Crippen molar-refractivity contribution in [3.8, 4) is 11.5 Å². The number of nitrogens with one attached hydrogen (secondary N) is 1. The van der Waals surface area contributed by atoms with Gasteiger partial charge >= 0.3 is 6.16 Å². The molecule has 0 aromatic heterocycles. The third kappa shape index (κ3) is 5.91. The zero-order valence-corrected chi connectivity index (χ0v) is 18.1. The first-order valence-electron chi connectivity index (χ1n) is 11.0. The average molecular weight is 443 g/mol. The van der Waals surface area contributed by atoms with Gasteiger partial charge in [-0.2, -0.15) is 0 Å². The summed E-state index contributed by atoms with van der Waals surface area (Å²) in [6, 6.07) is 15.4. The van der Waals surface area contributed by atoms with E-state index in [0.29, 0.717) is 39.3 Å². The maximum Gasteiger partial charge on any atom is 0.528 e. The van der Waals surface area contributed by atoms with Crippen LogP contribution in [0.2, 0.25) is 0 Å². The lowest BCUT2D eigenvalue weighted by Crippen LogP contribution is -2.53. The highest BCUT2D eigenvalue weighted by Crippen LogP contribution is 2.32. The second kappa shape index (κ2) is 10.7. The van der Waals surface area contributed by atoms with Crippen LogP contribution in [0.1, 0.15) is 30.4 Å². The molecule has 2 aromatic carbocycles. The van der Waals surface area contributed by atoms with Gasteiger partial charge in [-0.3, -0.25) is 0 Å². The Balaban J connectivity index is 1.26. The van der Waals surface area contributed by atoms with Crippen LogP contribution in [0.4, 0.5) is 4.79 Å². The number of carbonyl (C=O) groups excluding carboxylic acids is 1. The SMILES string of the molecule is O=C(OCc1ccccc1)ON1CCC(CCO)(NCc2ccc3c(c2)OCCO3)CC1. The van der Waals surface area contributed by atoms with Crippen molar-refractivity contribution in [3.05, 3.63) is 59.7 Å². The molecule has 1 fully saturated rings. The molecule has 32 heavy (non-hydrogen) atoms. The van der Waals surface area contributed by atoms with Crippen molar-refractivity contribution >= 4 is 6.16 Å². The fourth-order valence-corrected chi connectivity index (χ4v) is 4.07. The highest BCUT2D eigenvalue weighted by atomic mass is 16.8. The van der Waals surface area contributed by atoms with Crippen LogP contribution >= 0.6 is 0 Å². The highest BCUT2D eigenvalue weighted by molar-refractivity contribution is 5.59. The Morgan fingerprint density at radius 3 is 2.53 bits per heavy atom. The summed E-state index contributed by atoms with van der Waals surface area (Å²) in [5.41, 5.74) is 1.78. The first-order valence-corrected chi connectivity index (χ1v) is 11.0. The molecule has 0 unspecified atom stereocenters. The number of aliphatic hydroxyl groups excluding tert-OH is 1. The molecule has 0 amide bonds. The summed E-state index contributed by atoms with van der Waals surface area (Å²) in [5, 5.41) is 14.9. The van der Waals surface area contributed by atoms with Gasteiger partial charge < -0.3 is 29.5 Å². The van der Waals surface area contributed by atoms with Gasteiger partial charge in [0.25, 0.3) is 0 Å². The van der Waals surface area contributed by atoms with Crippen molar-refractivity contribution in [2.45, 2.75) is 38.0 Å². The van der Waals surface area contributed by atoms with Crippen LogP contribution in [-0.2, 0) is 22.7 Å². The number of hydrogen-bond acceptors (Lipinski definition) is 8. The van der Waals surface area contributed by atoms with Gasteiger partial charge in [0.1, 0.15) is 19.8 Å². The molecular weight excluding hydrogens is 412 g/mol. The van der Waals surface area contributed by atoms with E-state index in [0.717, 1.165) is 35.5 Å². The zero-order valence-electron chi connectivity index (χ0n) is 18.1. The van der Waals surface area contributed by atoms with E-state index in [1.54, 1.807) is 5.06 Å². The summed E-state index contributed by atoms with van der Waals surface area (Å²) >= 11 is 0. The molecule has 2 aliphatic rings. The van der Waals surface area contributed by atoms with Crippen molar-refractivity contribution in [1.82, 2.24) is 10.4 Å². The zero-order chi connectivity index (χ0) is 22.2. The lowest BCUT2D eigenvalue weighted by Gasteiger charge is -2.41. The van der Waals surface area contributed by atoms with E-state index < -0.39 is 6.16 Å². The third-order valence-corrected chi connectivity index (χ3v) is 5.95. The number of piperidine rings is 1. The molecular formula is C24H30N2O6. The van der Waals surface area contributed by atoms with Crippen LogP contribution in [0.5, 0.6) is 11.5 Å². The molecule has 2 N–H and O–H groups in total. The van der Waals surface area contributed by atoms with Gasteiger partial charge in [0.15, 0.2) is 11.5 Å². The van der Waals surface area contributed by atoms with Crippen LogP contribution in [0, 0.1) is 0 Å². The van der Waals surface area contributed by atoms with Crippen LogP contribution in [0.3, 0.4) is 0 Å². The standard InChI is InChI=1S/C24H30N2O6/c27-13-10-24(25-17-20-6-7-21-22(16-20)30-15-14-29-21)8-11-26(12-9-24)32-23(28)31-18-19-4-2-1-3-5-19/h1-7,16,25,27H,8-15,17-18H2. The van der Waals surface area contributed by atoms with Crippen LogP contribution in [0.25, 0.3) is 0 Å². The number of ether oxygens (including phenoxy) is 3. The Labute approximate surface area is 188 Å². The first kappa shape index (κ1) is 22.4. The largest absolute Gasteiger partial charge is 0.528 e. The molecule has 2 aliphatic heterocycles. The normalized spacial score (nSPS) is 17.5. The number of rotatable bonds is 8. The van der Waals surface area contributed by atoms with E-state index in [1.165, 1.54) is 0 Å².